The van der Waals surface area contributed by atoms with Crippen molar-refractivity contribution >= 4 is 121 Å². The van der Waals surface area contributed by atoms with Gasteiger partial charge in [-0.15, -0.1) is 5.06 Å². The number of benzene rings is 1. The molecule has 0 heterocycles. The Hall–Kier alpha value is -2.87. The highest BCUT2D eigenvalue weighted by atomic mass is 127. The van der Waals surface area contributed by atoms with Gasteiger partial charge >= 0.3 is 29.8 Å². The first kappa shape index (κ1) is 44.2. The van der Waals surface area contributed by atoms with Crippen LogP contribution in [-0.4, -0.2) is 99.8 Å². The molecule has 0 bridgehead atoms. The fourth-order valence-corrected chi connectivity index (χ4v) is 8.34. The first-order chi connectivity index (χ1) is 22.9. The van der Waals surface area contributed by atoms with E-state index in [2.05, 4.69) is 10.6 Å². The van der Waals surface area contributed by atoms with Crippen molar-refractivity contribution in [3.63, 3.8) is 0 Å². The first-order valence-corrected chi connectivity index (χ1v) is 17.5. The quantitative estimate of drug-likeness (QED) is 0.0752. The Labute approximate surface area is 322 Å². The molecule has 0 aliphatic heterocycles. The minimum absolute atomic E-state index is 0.0996. The molecule has 49 heavy (non-hydrogen) atoms. The summed E-state index contributed by atoms with van der Waals surface area (Å²) in [5, 5.41) is 5.84. The molecule has 0 spiro atoms. The largest absolute Gasteiger partial charge is 0.462 e. The lowest BCUT2D eigenvalue weighted by Crippen LogP contribution is -2.40. The van der Waals surface area contributed by atoms with Gasteiger partial charge in [-0.3, -0.25) is 33.6 Å². The number of rotatable bonds is 17. The molecule has 0 aliphatic rings. The van der Waals surface area contributed by atoms with Crippen LogP contribution in [0.4, 0.5) is 5.69 Å². The molecule has 0 saturated heterocycles. The second kappa shape index (κ2) is 22.1. The van der Waals surface area contributed by atoms with Gasteiger partial charge in [0.1, 0.15) is 18.9 Å². The number of hydroxylamine groups is 1. The Balaban J connectivity index is 3.72. The predicted octanol–water partition coefficient (Wildman–Crippen LogP) is 2.19. The van der Waals surface area contributed by atoms with Crippen LogP contribution in [-0.2, 0) is 57.3 Å². The minimum Gasteiger partial charge on any atom is -0.462 e. The van der Waals surface area contributed by atoms with Gasteiger partial charge in [-0.05, 0) is 74.2 Å². The zero-order valence-corrected chi connectivity index (χ0v) is 33.9. The Kier molecular flexibility index (Phi) is 19.9. The van der Waals surface area contributed by atoms with Crippen molar-refractivity contribution in [2.45, 2.75) is 59.7 Å². The SMILES string of the molecule is COCCCC(=O)ON(C(C)=O)c1c(I)c(C(=O)NCC(COC(C)=O)OC(C)=O)c(I)c(C(=O)NCC(COC(C)=O)OC(C)=O)c1I. The number of carbonyl (C=O) groups excluding carboxylic acids is 8. The fourth-order valence-electron chi connectivity index (χ4n) is 3.75. The summed E-state index contributed by atoms with van der Waals surface area (Å²) in [7, 11) is 1.46. The number of hydrogen-bond acceptors (Lipinski definition) is 14. The van der Waals surface area contributed by atoms with E-state index in [0.29, 0.717) is 5.06 Å². The predicted molar refractivity (Wildman–Crippen MR) is 194 cm³/mol. The zero-order chi connectivity index (χ0) is 37.4. The van der Waals surface area contributed by atoms with Gasteiger partial charge < -0.3 is 39.2 Å². The summed E-state index contributed by atoms with van der Waals surface area (Å²) < 4.78 is 25.4. The van der Waals surface area contributed by atoms with Crippen molar-refractivity contribution < 1.29 is 66.9 Å². The van der Waals surface area contributed by atoms with Crippen molar-refractivity contribution in [3.8, 4) is 0 Å². The van der Waals surface area contributed by atoms with Crippen LogP contribution in [0.3, 0.4) is 0 Å². The van der Waals surface area contributed by atoms with Crippen LogP contribution >= 0.6 is 67.8 Å². The molecule has 3 amide bonds. The lowest BCUT2D eigenvalue weighted by Gasteiger charge is -2.26. The van der Waals surface area contributed by atoms with Crippen LogP contribution in [0.5, 0.6) is 0 Å². The topological polar surface area (TPSA) is 219 Å². The van der Waals surface area contributed by atoms with Crippen LogP contribution < -0.4 is 15.7 Å². The number of amides is 3. The number of ether oxygens (including phenoxy) is 5. The summed E-state index contributed by atoms with van der Waals surface area (Å²) in [6.07, 6.45) is -1.96. The van der Waals surface area contributed by atoms with Gasteiger partial charge in [0.05, 0.1) is 37.8 Å². The molecule has 0 radical (unpaired) electrons. The van der Waals surface area contributed by atoms with E-state index in [0.717, 1.165) is 34.6 Å². The van der Waals surface area contributed by atoms with E-state index in [9.17, 15) is 38.4 Å². The summed E-state index contributed by atoms with van der Waals surface area (Å²) in [5.74, 6) is -5.81. The van der Waals surface area contributed by atoms with E-state index in [1.807, 2.05) is 0 Å². The fraction of sp³-hybridized carbons (Fsp3) is 0.517. The summed E-state index contributed by atoms with van der Waals surface area (Å²) in [5.41, 5.74) is -0.333. The van der Waals surface area contributed by atoms with Gasteiger partial charge in [0.2, 0.25) is 0 Å². The highest BCUT2D eigenvalue weighted by molar-refractivity contribution is 14.1. The molecular formula is C29H36I3N3O14. The van der Waals surface area contributed by atoms with Crippen molar-refractivity contribution in [2.24, 2.45) is 0 Å². The Bertz CT molecular complexity index is 1360. The van der Waals surface area contributed by atoms with Crippen molar-refractivity contribution in [2.75, 3.05) is 45.1 Å². The average Bonchev–Trinajstić information content (AvgIpc) is 2.98. The molecule has 272 valence electrons. The van der Waals surface area contributed by atoms with Crippen molar-refractivity contribution in [1.29, 1.82) is 0 Å². The van der Waals surface area contributed by atoms with E-state index < -0.39 is 59.8 Å². The molecule has 0 aliphatic carbocycles. The van der Waals surface area contributed by atoms with Crippen LogP contribution in [0, 0.1) is 10.7 Å². The molecule has 0 saturated carbocycles. The van der Waals surface area contributed by atoms with Crippen LogP contribution in [0.2, 0.25) is 0 Å². The van der Waals surface area contributed by atoms with Gasteiger partial charge in [-0.25, -0.2) is 4.79 Å². The number of nitrogens with one attached hydrogen (secondary N) is 2. The Morgan fingerprint density at radius 2 is 1.10 bits per heavy atom. The lowest BCUT2D eigenvalue weighted by molar-refractivity contribution is -0.155. The van der Waals surface area contributed by atoms with E-state index in [-0.39, 0.29) is 73.3 Å². The summed E-state index contributed by atoms with van der Waals surface area (Å²) in [6, 6.07) is 0. The molecule has 1 rings (SSSR count). The molecule has 1 aromatic rings. The number of methoxy groups -OCH3 is 1. The maximum Gasteiger partial charge on any atom is 0.333 e. The van der Waals surface area contributed by atoms with Crippen molar-refractivity contribution in [1.82, 2.24) is 10.6 Å². The van der Waals surface area contributed by atoms with E-state index >= 15 is 0 Å². The molecule has 0 aromatic heterocycles. The maximum absolute atomic E-state index is 13.7. The van der Waals surface area contributed by atoms with Crippen molar-refractivity contribution in [3.05, 3.63) is 21.8 Å². The number of nitrogens with zero attached hydrogens (tertiary/aromatic N) is 1. The van der Waals surface area contributed by atoms with Gasteiger partial charge in [0, 0.05) is 51.9 Å². The Morgan fingerprint density at radius 1 is 0.673 bits per heavy atom. The van der Waals surface area contributed by atoms with Gasteiger partial charge in [0.15, 0.2) is 12.2 Å². The zero-order valence-electron chi connectivity index (χ0n) is 27.4. The minimum atomic E-state index is -1.07. The van der Waals surface area contributed by atoms with Gasteiger partial charge in [-0.1, -0.05) is 0 Å². The third-order valence-corrected chi connectivity index (χ3v) is 8.93. The third kappa shape index (κ3) is 15.3. The average molecular weight is 1030 g/mol. The van der Waals surface area contributed by atoms with E-state index in [4.69, 9.17) is 28.5 Å². The van der Waals surface area contributed by atoms with Crippen LogP contribution in [0.15, 0.2) is 0 Å². The summed E-state index contributed by atoms with van der Waals surface area (Å²) >= 11 is 5.31. The summed E-state index contributed by atoms with van der Waals surface area (Å²) in [4.78, 5) is 104. The lowest BCUT2D eigenvalue weighted by atomic mass is 10.1. The highest BCUT2D eigenvalue weighted by Crippen LogP contribution is 2.38. The number of hydrogen-bond donors (Lipinski definition) is 2. The van der Waals surface area contributed by atoms with E-state index in [1.54, 1.807) is 67.8 Å². The maximum atomic E-state index is 13.7. The monoisotopic (exact) mass is 1030 g/mol. The molecule has 1 aromatic carbocycles. The second-order valence-corrected chi connectivity index (χ2v) is 13.1. The molecule has 17 nitrogen and oxygen atoms in total. The van der Waals surface area contributed by atoms with Gasteiger partial charge in [-0.2, -0.15) is 0 Å². The van der Waals surface area contributed by atoms with Crippen LogP contribution in [0.1, 0.15) is 68.2 Å². The van der Waals surface area contributed by atoms with E-state index in [1.165, 1.54) is 7.11 Å². The summed E-state index contributed by atoms with van der Waals surface area (Å²) in [6.45, 7) is 4.60. The smallest absolute Gasteiger partial charge is 0.333 e. The molecule has 2 unspecified atom stereocenters. The molecular weight excluding hydrogens is 995 g/mol. The highest BCUT2D eigenvalue weighted by Gasteiger charge is 2.34. The standard InChI is InChI=1S/C29H36I3N3O14/c1-14(36)35(49-21(41)8-7-9-44-6)27-25(31)22(28(42)33-10-19(47-17(4)39)12-45-15(2)37)24(30)23(26(27)32)29(43)34-11-20(48-18(5)40)13-46-16(3)38/h19-20H,7-13H2,1-6H3,(H,33,42)(H,34,43). The number of esters is 4. The normalized spacial score (nSPS) is 11.7. The second-order valence-electron chi connectivity index (χ2n) is 9.90. The molecule has 2 atom stereocenters. The number of halogens is 3. The number of anilines is 1. The van der Waals surface area contributed by atoms with Gasteiger partial charge in [0.25, 0.3) is 17.7 Å². The van der Waals surface area contributed by atoms with Crippen LogP contribution in [0.25, 0.3) is 0 Å². The third-order valence-electron chi connectivity index (χ3n) is 5.75. The first-order valence-electron chi connectivity index (χ1n) is 14.3. The number of carbonyl (C=O) groups is 8. The molecule has 20 heteroatoms. The molecule has 0 fully saturated rings. The molecule has 2 N–H and O–H groups in total. The Morgan fingerprint density at radius 3 is 1.45 bits per heavy atom.